The van der Waals surface area contributed by atoms with Crippen LogP contribution in [-0.4, -0.2) is 58.0 Å². The lowest BCUT2D eigenvalue weighted by Crippen LogP contribution is -2.41. The molecule has 0 radical (unpaired) electrons. The smallest absolute Gasteiger partial charge is 0.399 e. The zero-order chi connectivity index (χ0) is 19.0. The number of nitrogens with one attached hydrogen (secondary N) is 1. The Balaban J connectivity index is 2.14. The van der Waals surface area contributed by atoms with E-state index in [1.165, 1.54) is 12.1 Å². The van der Waals surface area contributed by atoms with E-state index in [0.29, 0.717) is 12.0 Å². The lowest BCUT2D eigenvalue weighted by molar-refractivity contribution is 0.00578. The number of hydrogen-bond acceptors (Lipinski definition) is 5. The van der Waals surface area contributed by atoms with Crippen LogP contribution in [0.2, 0.25) is 0 Å². The third-order valence-electron chi connectivity index (χ3n) is 4.59. The number of benzene rings is 1. The van der Waals surface area contributed by atoms with Crippen molar-refractivity contribution >= 4 is 28.3 Å². The summed E-state index contributed by atoms with van der Waals surface area (Å²) in [7, 11) is -0.764. The Morgan fingerprint density at radius 3 is 2.20 bits per heavy atom. The summed E-state index contributed by atoms with van der Waals surface area (Å²) in [5, 5.41) is 0. The van der Waals surface area contributed by atoms with Gasteiger partial charge in [0, 0.05) is 6.54 Å². The third kappa shape index (κ3) is 4.72. The maximum Gasteiger partial charge on any atom is 0.494 e. The largest absolute Gasteiger partial charge is 0.494 e. The molecular formula is C16H26BFN2O4S. The summed E-state index contributed by atoms with van der Waals surface area (Å²) < 4.78 is 52.4. The van der Waals surface area contributed by atoms with E-state index in [1.807, 2.05) is 27.7 Å². The first-order valence-corrected chi connectivity index (χ1v) is 9.78. The minimum absolute atomic E-state index is 0.0842. The van der Waals surface area contributed by atoms with Crippen molar-refractivity contribution in [3.8, 4) is 0 Å². The van der Waals surface area contributed by atoms with Crippen LogP contribution >= 0.6 is 0 Å². The summed E-state index contributed by atoms with van der Waals surface area (Å²) >= 11 is 0. The van der Waals surface area contributed by atoms with Gasteiger partial charge in [0.05, 0.1) is 22.6 Å². The van der Waals surface area contributed by atoms with Crippen LogP contribution in [0.3, 0.4) is 0 Å². The molecule has 1 aromatic rings. The molecular weight excluding hydrogens is 346 g/mol. The van der Waals surface area contributed by atoms with Gasteiger partial charge in [0.2, 0.25) is 10.0 Å². The van der Waals surface area contributed by atoms with Gasteiger partial charge in [-0.1, -0.05) is 6.07 Å². The van der Waals surface area contributed by atoms with Crippen LogP contribution in [0.1, 0.15) is 27.7 Å². The number of nitrogens with zero attached hydrogens (tertiary/aromatic N) is 1. The molecule has 1 heterocycles. The fourth-order valence-corrected chi connectivity index (χ4v) is 3.47. The lowest BCUT2D eigenvalue weighted by Gasteiger charge is -2.32. The minimum atomic E-state index is -3.62. The van der Waals surface area contributed by atoms with Crippen molar-refractivity contribution in [2.45, 2.75) is 38.9 Å². The molecule has 0 bridgehead atoms. The average molecular weight is 372 g/mol. The molecule has 9 heteroatoms. The quantitative estimate of drug-likeness (QED) is 0.766. The van der Waals surface area contributed by atoms with Crippen LogP contribution in [0.5, 0.6) is 0 Å². The SMILES string of the molecule is CN(C)CCS(=O)(=O)Nc1ccc(B2OC(C)(C)C(C)(C)O2)cc1F. The normalized spacial score (nSPS) is 19.4. The van der Waals surface area contributed by atoms with Crippen molar-refractivity contribution in [3.05, 3.63) is 24.0 Å². The monoisotopic (exact) mass is 372 g/mol. The summed E-state index contributed by atoms with van der Waals surface area (Å²) in [5.41, 5.74) is -0.632. The van der Waals surface area contributed by atoms with Crippen LogP contribution in [0.15, 0.2) is 18.2 Å². The van der Waals surface area contributed by atoms with Gasteiger partial charge in [0.1, 0.15) is 5.82 Å². The molecule has 0 unspecified atom stereocenters. The van der Waals surface area contributed by atoms with Crippen LogP contribution in [0.4, 0.5) is 10.1 Å². The molecule has 0 spiro atoms. The molecule has 1 aliphatic heterocycles. The van der Waals surface area contributed by atoms with Crippen molar-refractivity contribution in [2.24, 2.45) is 0 Å². The molecule has 0 saturated carbocycles. The van der Waals surface area contributed by atoms with E-state index in [-0.39, 0.29) is 11.4 Å². The Kier molecular flexibility index (Phi) is 5.54. The summed E-state index contributed by atoms with van der Waals surface area (Å²) in [6.45, 7) is 8.00. The predicted molar refractivity (Wildman–Crippen MR) is 98.1 cm³/mol. The van der Waals surface area contributed by atoms with Gasteiger partial charge in [-0.2, -0.15) is 0 Å². The van der Waals surface area contributed by atoms with Gasteiger partial charge in [0.25, 0.3) is 0 Å². The molecule has 1 saturated heterocycles. The minimum Gasteiger partial charge on any atom is -0.399 e. The molecule has 0 aliphatic carbocycles. The fraction of sp³-hybridized carbons (Fsp3) is 0.625. The molecule has 0 amide bonds. The highest BCUT2D eigenvalue weighted by Gasteiger charge is 2.51. The van der Waals surface area contributed by atoms with Crippen molar-refractivity contribution in [1.82, 2.24) is 4.90 Å². The highest BCUT2D eigenvalue weighted by Crippen LogP contribution is 2.36. The molecule has 1 fully saturated rings. The Morgan fingerprint density at radius 1 is 1.16 bits per heavy atom. The fourth-order valence-electron chi connectivity index (χ4n) is 2.26. The molecule has 1 aromatic carbocycles. The Morgan fingerprint density at radius 2 is 1.72 bits per heavy atom. The summed E-state index contributed by atoms with van der Waals surface area (Å²) in [4.78, 5) is 1.75. The summed E-state index contributed by atoms with van der Waals surface area (Å²) in [5.74, 6) is -0.779. The highest BCUT2D eigenvalue weighted by molar-refractivity contribution is 7.92. The van der Waals surface area contributed by atoms with E-state index in [0.717, 1.165) is 0 Å². The van der Waals surface area contributed by atoms with Gasteiger partial charge in [-0.25, -0.2) is 12.8 Å². The van der Waals surface area contributed by atoms with E-state index >= 15 is 0 Å². The van der Waals surface area contributed by atoms with E-state index in [1.54, 1.807) is 25.1 Å². The number of hydrogen-bond donors (Lipinski definition) is 1. The number of halogens is 1. The second kappa shape index (κ2) is 6.87. The second-order valence-corrected chi connectivity index (χ2v) is 9.39. The van der Waals surface area contributed by atoms with Crippen molar-refractivity contribution in [1.29, 1.82) is 0 Å². The van der Waals surface area contributed by atoms with Gasteiger partial charge in [-0.05, 0) is 59.4 Å². The van der Waals surface area contributed by atoms with Crippen LogP contribution in [0, 0.1) is 5.82 Å². The molecule has 140 valence electrons. The van der Waals surface area contributed by atoms with Gasteiger partial charge < -0.3 is 14.2 Å². The molecule has 1 N–H and O–H groups in total. The van der Waals surface area contributed by atoms with E-state index in [4.69, 9.17) is 9.31 Å². The molecule has 1 aliphatic rings. The first kappa shape index (κ1) is 20.2. The van der Waals surface area contributed by atoms with Crippen LogP contribution in [-0.2, 0) is 19.3 Å². The summed E-state index contributed by atoms with van der Waals surface area (Å²) in [6, 6.07) is 4.24. The molecule has 6 nitrogen and oxygen atoms in total. The van der Waals surface area contributed by atoms with Crippen molar-refractivity contribution < 1.29 is 22.1 Å². The maximum absolute atomic E-state index is 14.4. The van der Waals surface area contributed by atoms with Gasteiger partial charge in [-0.15, -0.1) is 0 Å². The predicted octanol–water partition coefficient (Wildman–Crippen LogP) is 1.43. The van der Waals surface area contributed by atoms with Gasteiger partial charge in [0.15, 0.2) is 0 Å². The number of anilines is 1. The molecule has 0 aromatic heterocycles. The molecule has 25 heavy (non-hydrogen) atoms. The number of rotatable bonds is 6. The second-order valence-electron chi connectivity index (χ2n) is 7.55. The van der Waals surface area contributed by atoms with E-state index < -0.39 is 34.2 Å². The first-order valence-electron chi connectivity index (χ1n) is 8.13. The Hall–Kier alpha value is -1.16. The van der Waals surface area contributed by atoms with Crippen LogP contribution < -0.4 is 10.2 Å². The molecule has 2 rings (SSSR count). The summed E-state index contributed by atoms with van der Waals surface area (Å²) in [6.07, 6.45) is 0. The van der Waals surface area contributed by atoms with E-state index in [9.17, 15) is 12.8 Å². The van der Waals surface area contributed by atoms with E-state index in [2.05, 4.69) is 4.72 Å². The highest BCUT2D eigenvalue weighted by atomic mass is 32.2. The first-order chi connectivity index (χ1) is 11.3. The van der Waals surface area contributed by atoms with Crippen molar-refractivity contribution in [2.75, 3.05) is 31.1 Å². The van der Waals surface area contributed by atoms with Crippen LogP contribution in [0.25, 0.3) is 0 Å². The average Bonchev–Trinajstić information content (AvgIpc) is 2.67. The zero-order valence-corrected chi connectivity index (χ0v) is 16.4. The Labute approximate surface area is 149 Å². The topological polar surface area (TPSA) is 67.9 Å². The Bertz CT molecular complexity index is 722. The molecule has 0 atom stereocenters. The van der Waals surface area contributed by atoms with Crippen molar-refractivity contribution in [3.63, 3.8) is 0 Å². The van der Waals surface area contributed by atoms with Gasteiger partial charge >= 0.3 is 7.12 Å². The number of sulfonamides is 1. The third-order valence-corrected chi connectivity index (χ3v) is 5.84. The maximum atomic E-state index is 14.4. The standard InChI is InChI=1S/C16H26BFN2O4S/c1-15(2)16(3,4)24-17(23-15)12-7-8-14(13(18)11-12)19-25(21,22)10-9-20(5)6/h7-8,11,19H,9-10H2,1-6H3. The zero-order valence-electron chi connectivity index (χ0n) is 15.6. The lowest BCUT2D eigenvalue weighted by atomic mass is 9.79. The van der Waals surface area contributed by atoms with Gasteiger partial charge in [-0.3, -0.25) is 4.72 Å².